The molecule has 0 saturated carbocycles. The number of hydrogen-bond donors (Lipinski definition) is 1. The standard InChI is InChI=1S/C22H23N5O3S/c1-22(2)6-8-26(21(22)30)14-3-4-18-17(9-14)16(5-7-24-18)20(29)25-11-19(28)27-13-31-12-15(27)10-23/h3-5,7,9,15H,6,8,11-13H2,1-2H3,(H,25,29)/t15-/m1/s1. The van der Waals surface area contributed by atoms with Gasteiger partial charge in [0.15, 0.2) is 0 Å². The maximum atomic E-state index is 12.9. The molecule has 4 rings (SSSR count). The van der Waals surface area contributed by atoms with Crippen LogP contribution in [0.5, 0.6) is 0 Å². The van der Waals surface area contributed by atoms with Gasteiger partial charge >= 0.3 is 0 Å². The molecule has 2 aromatic rings. The zero-order chi connectivity index (χ0) is 22.2. The minimum atomic E-state index is -0.457. The molecule has 2 saturated heterocycles. The molecule has 1 N–H and O–H groups in total. The summed E-state index contributed by atoms with van der Waals surface area (Å²) >= 11 is 1.52. The van der Waals surface area contributed by atoms with Crippen molar-refractivity contribution in [2.75, 3.05) is 29.6 Å². The van der Waals surface area contributed by atoms with Crippen LogP contribution >= 0.6 is 11.8 Å². The smallest absolute Gasteiger partial charge is 0.252 e. The quantitative estimate of drug-likeness (QED) is 0.786. The van der Waals surface area contributed by atoms with Crippen molar-refractivity contribution in [3.05, 3.63) is 36.0 Å². The van der Waals surface area contributed by atoms with Crippen molar-refractivity contribution in [2.45, 2.75) is 26.3 Å². The number of amides is 3. The number of nitriles is 1. The van der Waals surface area contributed by atoms with Crippen molar-refractivity contribution >= 4 is 46.1 Å². The molecule has 1 aromatic carbocycles. The molecular formula is C22H23N5O3S. The summed E-state index contributed by atoms with van der Waals surface area (Å²) in [4.78, 5) is 45.5. The molecule has 160 valence electrons. The number of carbonyl (C=O) groups excluding carboxylic acids is 3. The molecule has 1 aromatic heterocycles. The third-order valence-corrected chi connectivity index (χ3v) is 6.83. The lowest BCUT2D eigenvalue weighted by Crippen LogP contribution is -2.42. The van der Waals surface area contributed by atoms with Crippen LogP contribution in [0.1, 0.15) is 30.6 Å². The SMILES string of the molecule is CC1(C)CCN(c2ccc3nccc(C(=O)NCC(=O)N4CSC[C@H]4C#N)c3c2)C1=O. The average molecular weight is 438 g/mol. The van der Waals surface area contributed by atoms with E-state index in [4.69, 9.17) is 5.26 Å². The Hall–Kier alpha value is -3.12. The van der Waals surface area contributed by atoms with Crippen molar-refractivity contribution in [3.8, 4) is 6.07 Å². The number of nitrogens with one attached hydrogen (secondary N) is 1. The highest BCUT2D eigenvalue weighted by Gasteiger charge is 2.39. The Morgan fingerprint density at radius 1 is 1.35 bits per heavy atom. The number of thioether (sulfide) groups is 1. The Balaban J connectivity index is 1.55. The Bertz CT molecular complexity index is 1110. The van der Waals surface area contributed by atoms with Crippen LogP contribution in [0.2, 0.25) is 0 Å². The highest BCUT2D eigenvalue weighted by molar-refractivity contribution is 7.99. The molecule has 9 heteroatoms. The number of hydrogen-bond acceptors (Lipinski definition) is 6. The van der Waals surface area contributed by atoms with Gasteiger partial charge in [0, 0.05) is 35.0 Å². The Kier molecular flexibility index (Phi) is 5.58. The van der Waals surface area contributed by atoms with E-state index in [0.29, 0.717) is 34.6 Å². The van der Waals surface area contributed by atoms with E-state index in [-0.39, 0.29) is 18.4 Å². The summed E-state index contributed by atoms with van der Waals surface area (Å²) in [6.45, 7) is 4.31. The molecule has 8 nitrogen and oxygen atoms in total. The first-order chi connectivity index (χ1) is 14.8. The summed E-state index contributed by atoms with van der Waals surface area (Å²) < 4.78 is 0. The summed E-state index contributed by atoms with van der Waals surface area (Å²) in [6, 6.07) is 8.70. The van der Waals surface area contributed by atoms with Crippen molar-refractivity contribution in [3.63, 3.8) is 0 Å². The number of rotatable bonds is 4. The normalized spacial score (nSPS) is 20.2. The molecule has 31 heavy (non-hydrogen) atoms. The van der Waals surface area contributed by atoms with E-state index in [9.17, 15) is 14.4 Å². The molecule has 0 spiro atoms. The second kappa shape index (κ2) is 8.19. The number of aromatic nitrogens is 1. The maximum absolute atomic E-state index is 12.9. The van der Waals surface area contributed by atoms with Gasteiger partial charge in [-0.15, -0.1) is 11.8 Å². The third-order valence-electron chi connectivity index (χ3n) is 5.82. The van der Waals surface area contributed by atoms with Crippen LogP contribution in [0.3, 0.4) is 0 Å². The van der Waals surface area contributed by atoms with Crippen LogP contribution in [0.15, 0.2) is 30.5 Å². The first-order valence-electron chi connectivity index (χ1n) is 10.1. The van der Waals surface area contributed by atoms with Crippen LogP contribution in [-0.2, 0) is 9.59 Å². The highest BCUT2D eigenvalue weighted by atomic mass is 32.2. The van der Waals surface area contributed by atoms with Gasteiger partial charge in [-0.1, -0.05) is 13.8 Å². The van der Waals surface area contributed by atoms with Crippen LogP contribution < -0.4 is 10.2 Å². The molecular weight excluding hydrogens is 414 g/mol. The zero-order valence-corrected chi connectivity index (χ0v) is 18.2. The van der Waals surface area contributed by atoms with E-state index in [2.05, 4.69) is 16.4 Å². The molecule has 1 atom stereocenters. The number of fused-ring (bicyclic) bond motifs is 1. The predicted octanol–water partition coefficient (Wildman–Crippen LogP) is 2.15. The summed E-state index contributed by atoms with van der Waals surface area (Å²) in [5.41, 5.74) is 1.35. The maximum Gasteiger partial charge on any atom is 0.252 e. The van der Waals surface area contributed by atoms with Gasteiger partial charge in [0.2, 0.25) is 11.8 Å². The van der Waals surface area contributed by atoms with E-state index in [1.165, 1.54) is 16.7 Å². The van der Waals surface area contributed by atoms with Crippen molar-refractivity contribution in [1.82, 2.24) is 15.2 Å². The second-order valence-electron chi connectivity index (χ2n) is 8.34. The highest BCUT2D eigenvalue weighted by Crippen LogP contribution is 2.35. The average Bonchev–Trinajstić information content (AvgIpc) is 3.35. The fraction of sp³-hybridized carbons (Fsp3) is 0.409. The molecule has 2 fully saturated rings. The summed E-state index contributed by atoms with van der Waals surface area (Å²) in [5.74, 6) is 0.414. The fourth-order valence-corrected chi connectivity index (χ4v) is 4.96. The van der Waals surface area contributed by atoms with Gasteiger partial charge in [0.05, 0.1) is 29.6 Å². The lowest BCUT2D eigenvalue weighted by Gasteiger charge is -2.20. The molecule has 2 aliphatic heterocycles. The van der Waals surface area contributed by atoms with Gasteiger partial charge in [-0.25, -0.2) is 0 Å². The first kappa shape index (κ1) is 21.1. The van der Waals surface area contributed by atoms with Gasteiger partial charge in [-0.05, 0) is 30.7 Å². The Morgan fingerprint density at radius 2 is 2.16 bits per heavy atom. The van der Waals surface area contributed by atoms with Crippen LogP contribution in [0, 0.1) is 16.7 Å². The van der Waals surface area contributed by atoms with Crippen molar-refractivity contribution in [2.24, 2.45) is 5.41 Å². The predicted molar refractivity (Wildman–Crippen MR) is 118 cm³/mol. The Morgan fingerprint density at radius 3 is 2.87 bits per heavy atom. The number of anilines is 1. The molecule has 0 unspecified atom stereocenters. The van der Waals surface area contributed by atoms with Crippen LogP contribution in [-0.4, -0.2) is 58.4 Å². The van der Waals surface area contributed by atoms with E-state index in [1.54, 1.807) is 29.3 Å². The summed E-state index contributed by atoms with van der Waals surface area (Å²) in [6.07, 6.45) is 2.32. The molecule has 0 aliphatic carbocycles. The van der Waals surface area contributed by atoms with E-state index in [0.717, 1.165) is 12.1 Å². The van der Waals surface area contributed by atoms with Gasteiger partial charge in [-0.3, -0.25) is 19.4 Å². The number of carbonyl (C=O) groups is 3. The van der Waals surface area contributed by atoms with Gasteiger partial charge in [0.25, 0.3) is 5.91 Å². The van der Waals surface area contributed by atoms with Crippen LogP contribution in [0.4, 0.5) is 5.69 Å². The monoisotopic (exact) mass is 437 g/mol. The van der Waals surface area contributed by atoms with Gasteiger partial charge in [-0.2, -0.15) is 5.26 Å². The lowest BCUT2D eigenvalue weighted by atomic mass is 9.92. The first-order valence-corrected chi connectivity index (χ1v) is 11.2. The minimum Gasteiger partial charge on any atom is -0.343 e. The lowest BCUT2D eigenvalue weighted by molar-refractivity contribution is -0.129. The number of pyridine rings is 1. The topological polar surface area (TPSA) is 106 Å². The van der Waals surface area contributed by atoms with Gasteiger partial charge in [0.1, 0.15) is 6.04 Å². The molecule has 0 bridgehead atoms. The fourth-order valence-electron chi connectivity index (χ4n) is 3.86. The zero-order valence-electron chi connectivity index (χ0n) is 17.4. The van der Waals surface area contributed by atoms with E-state index in [1.807, 2.05) is 19.9 Å². The second-order valence-corrected chi connectivity index (χ2v) is 9.34. The van der Waals surface area contributed by atoms with E-state index >= 15 is 0 Å². The molecule has 0 radical (unpaired) electrons. The molecule has 2 aliphatic rings. The van der Waals surface area contributed by atoms with Crippen LogP contribution in [0.25, 0.3) is 10.9 Å². The van der Waals surface area contributed by atoms with Crippen molar-refractivity contribution < 1.29 is 14.4 Å². The van der Waals surface area contributed by atoms with E-state index < -0.39 is 17.4 Å². The molecule has 3 heterocycles. The molecule has 3 amide bonds. The largest absolute Gasteiger partial charge is 0.343 e. The van der Waals surface area contributed by atoms with Gasteiger partial charge < -0.3 is 15.1 Å². The minimum absolute atomic E-state index is 0.0582. The Labute approximate surface area is 184 Å². The van der Waals surface area contributed by atoms with Crippen molar-refractivity contribution in [1.29, 1.82) is 5.26 Å². The third kappa shape index (κ3) is 3.95. The summed E-state index contributed by atoms with van der Waals surface area (Å²) in [5, 5.41) is 12.4. The number of nitrogens with zero attached hydrogens (tertiary/aromatic N) is 4. The summed E-state index contributed by atoms with van der Waals surface area (Å²) in [7, 11) is 0. The number of benzene rings is 1.